The van der Waals surface area contributed by atoms with Gasteiger partial charge in [-0.25, -0.2) is 0 Å². The minimum Gasteiger partial charge on any atom is -0.310 e. The molecule has 0 radical (unpaired) electrons. The van der Waals surface area contributed by atoms with Gasteiger partial charge in [0.2, 0.25) is 0 Å². The van der Waals surface area contributed by atoms with Crippen LogP contribution in [0.1, 0.15) is 50.6 Å². The normalized spacial score (nSPS) is 21.6. The van der Waals surface area contributed by atoms with Crippen molar-refractivity contribution in [3.05, 3.63) is 20.8 Å². The molecular weight excluding hydrogens is 250 g/mol. The number of hydrogen-bond donors (Lipinski definition) is 1. The Hall–Kier alpha value is -0.0500. The average Bonchev–Trinajstić information content (AvgIpc) is 2.72. The van der Waals surface area contributed by atoms with Crippen molar-refractivity contribution in [1.82, 2.24) is 5.32 Å². The van der Waals surface area contributed by atoms with E-state index in [1.807, 2.05) is 0 Å². The zero-order valence-corrected chi connectivity index (χ0v) is 12.7. The molecule has 2 atom stereocenters. The van der Waals surface area contributed by atoms with Crippen LogP contribution in [0.3, 0.4) is 0 Å². The van der Waals surface area contributed by atoms with Gasteiger partial charge in [0.15, 0.2) is 0 Å². The predicted octanol–water partition coefficient (Wildman–Crippen LogP) is 4.66. The lowest BCUT2D eigenvalue weighted by atomic mass is 9.82. The summed E-state index contributed by atoms with van der Waals surface area (Å²) in [6.07, 6.45) is 2.42. The standard InChI is InChI=1S/C14H22ClNS/c1-9(14(2,3)4)8-16-11-5-6-12-10(11)7-13(15)17-12/h7,9,11,16H,5-6,8H2,1-4H3. The summed E-state index contributed by atoms with van der Waals surface area (Å²) in [5.41, 5.74) is 1.82. The van der Waals surface area contributed by atoms with Crippen LogP contribution in [0, 0.1) is 11.3 Å². The van der Waals surface area contributed by atoms with Gasteiger partial charge in [0.05, 0.1) is 4.34 Å². The first-order valence-corrected chi connectivity index (χ1v) is 7.59. The molecule has 0 bridgehead atoms. The third-order valence-corrected chi connectivity index (χ3v) is 5.34. The minimum absolute atomic E-state index is 0.376. The van der Waals surface area contributed by atoms with Crippen LogP contribution in [0.25, 0.3) is 0 Å². The van der Waals surface area contributed by atoms with E-state index in [2.05, 4.69) is 39.1 Å². The first-order valence-electron chi connectivity index (χ1n) is 6.39. The zero-order valence-electron chi connectivity index (χ0n) is 11.1. The second-order valence-corrected chi connectivity index (χ2v) is 7.96. The Labute approximate surface area is 114 Å². The molecule has 0 aromatic carbocycles. The minimum atomic E-state index is 0.376. The third kappa shape index (κ3) is 3.04. The van der Waals surface area contributed by atoms with Crippen LogP contribution < -0.4 is 5.32 Å². The van der Waals surface area contributed by atoms with Gasteiger partial charge in [0, 0.05) is 10.9 Å². The molecule has 0 aliphatic heterocycles. The fourth-order valence-corrected chi connectivity index (χ4v) is 3.52. The molecule has 1 aromatic rings. The van der Waals surface area contributed by atoms with Gasteiger partial charge >= 0.3 is 0 Å². The highest BCUT2D eigenvalue weighted by molar-refractivity contribution is 7.16. The highest BCUT2D eigenvalue weighted by Gasteiger charge is 2.26. The molecule has 1 aliphatic rings. The Kier molecular flexibility index (Phi) is 3.86. The van der Waals surface area contributed by atoms with Gasteiger partial charge < -0.3 is 5.32 Å². The van der Waals surface area contributed by atoms with Crippen molar-refractivity contribution >= 4 is 22.9 Å². The molecule has 3 heteroatoms. The third-order valence-electron chi connectivity index (χ3n) is 4.00. The Bertz CT molecular complexity index is 391. The Morgan fingerprint density at radius 3 is 2.88 bits per heavy atom. The lowest BCUT2D eigenvalue weighted by molar-refractivity contribution is 0.245. The number of fused-ring (bicyclic) bond motifs is 1. The number of thiophene rings is 1. The Balaban J connectivity index is 1.94. The molecular formula is C14H22ClNS. The van der Waals surface area contributed by atoms with E-state index < -0.39 is 0 Å². The average molecular weight is 272 g/mol. The highest BCUT2D eigenvalue weighted by atomic mass is 35.5. The molecule has 1 aliphatic carbocycles. The molecule has 0 amide bonds. The summed E-state index contributed by atoms with van der Waals surface area (Å²) in [5, 5.41) is 3.71. The van der Waals surface area contributed by atoms with Crippen LogP contribution >= 0.6 is 22.9 Å². The second-order valence-electron chi connectivity index (χ2n) is 6.20. The van der Waals surface area contributed by atoms with E-state index in [0.29, 0.717) is 17.4 Å². The van der Waals surface area contributed by atoms with E-state index in [9.17, 15) is 0 Å². The summed E-state index contributed by atoms with van der Waals surface area (Å²) in [6.45, 7) is 10.3. The number of aryl methyl sites for hydroxylation is 1. The van der Waals surface area contributed by atoms with Crippen LogP contribution in [0.15, 0.2) is 6.07 Å². The number of rotatable bonds is 3. The van der Waals surface area contributed by atoms with Crippen molar-refractivity contribution in [2.75, 3.05) is 6.54 Å². The van der Waals surface area contributed by atoms with Gasteiger partial charge in [-0.2, -0.15) is 0 Å². The molecule has 0 saturated carbocycles. The van der Waals surface area contributed by atoms with Gasteiger partial charge in [-0.1, -0.05) is 39.3 Å². The van der Waals surface area contributed by atoms with E-state index >= 15 is 0 Å². The zero-order chi connectivity index (χ0) is 12.6. The number of nitrogens with one attached hydrogen (secondary N) is 1. The first kappa shape index (κ1) is 13.4. The summed E-state index contributed by atoms with van der Waals surface area (Å²) < 4.78 is 0.936. The molecule has 17 heavy (non-hydrogen) atoms. The lowest BCUT2D eigenvalue weighted by Crippen LogP contribution is -2.31. The number of hydrogen-bond acceptors (Lipinski definition) is 2. The summed E-state index contributed by atoms with van der Waals surface area (Å²) in [5.74, 6) is 0.681. The highest BCUT2D eigenvalue weighted by Crippen LogP contribution is 2.39. The number of halogens is 1. The lowest BCUT2D eigenvalue weighted by Gasteiger charge is -2.28. The van der Waals surface area contributed by atoms with E-state index in [0.717, 1.165) is 10.9 Å². The molecule has 1 aromatic heterocycles. The molecule has 1 heterocycles. The summed E-state index contributed by atoms with van der Waals surface area (Å²) in [7, 11) is 0. The maximum Gasteiger partial charge on any atom is 0.0934 e. The Morgan fingerprint density at radius 2 is 2.24 bits per heavy atom. The van der Waals surface area contributed by atoms with E-state index in [1.54, 1.807) is 11.3 Å². The molecule has 0 saturated heterocycles. The molecule has 1 nitrogen and oxygen atoms in total. The molecule has 1 N–H and O–H groups in total. The topological polar surface area (TPSA) is 12.0 Å². The van der Waals surface area contributed by atoms with Crippen LogP contribution in [0.5, 0.6) is 0 Å². The maximum absolute atomic E-state index is 6.07. The molecule has 2 rings (SSSR count). The fourth-order valence-electron chi connectivity index (χ4n) is 2.17. The van der Waals surface area contributed by atoms with E-state index in [-0.39, 0.29) is 0 Å². The van der Waals surface area contributed by atoms with Crippen LogP contribution in [0.4, 0.5) is 0 Å². The van der Waals surface area contributed by atoms with Crippen molar-refractivity contribution in [3.8, 4) is 0 Å². The van der Waals surface area contributed by atoms with Gasteiger partial charge in [0.1, 0.15) is 0 Å². The van der Waals surface area contributed by atoms with Crippen molar-refractivity contribution < 1.29 is 0 Å². The second kappa shape index (κ2) is 4.91. The van der Waals surface area contributed by atoms with Crippen LogP contribution in [0.2, 0.25) is 4.34 Å². The van der Waals surface area contributed by atoms with Crippen LogP contribution in [-0.2, 0) is 6.42 Å². The van der Waals surface area contributed by atoms with Gasteiger partial charge in [0.25, 0.3) is 0 Å². The van der Waals surface area contributed by atoms with E-state index in [4.69, 9.17) is 11.6 Å². The monoisotopic (exact) mass is 271 g/mol. The van der Waals surface area contributed by atoms with Gasteiger partial charge in [-0.05, 0) is 42.3 Å². The first-order chi connectivity index (χ1) is 7.88. The smallest absolute Gasteiger partial charge is 0.0934 e. The molecule has 2 unspecified atom stereocenters. The molecule has 0 fully saturated rings. The summed E-state index contributed by atoms with van der Waals surface area (Å²) in [4.78, 5) is 1.48. The summed E-state index contributed by atoms with van der Waals surface area (Å²) >= 11 is 7.82. The largest absolute Gasteiger partial charge is 0.310 e. The SMILES string of the molecule is CC(CNC1CCc2sc(Cl)cc21)C(C)(C)C. The van der Waals surface area contributed by atoms with Crippen molar-refractivity contribution in [2.45, 2.75) is 46.6 Å². The van der Waals surface area contributed by atoms with E-state index in [1.165, 1.54) is 23.3 Å². The quantitative estimate of drug-likeness (QED) is 0.843. The predicted molar refractivity (Wildman–Crippen MR) is 77.0 cm³/mol. The summed E-state index contributed by atoms with van der Waals surface area (Å²) in [6, 6.07) is 2.67. The van der Waals surface area contributed by atoms with Crippen molar-refractivity contribution in [2.24, 2.45) is 11.3 Å². The van der Waals surface area contributed by atoms with Crippen molar-refractivity contribution in [3.63, 3.8) is 0 Å². The fraction of sp³-hybridized carbons (Fsp3) is 0.714. The van der Waals surface area contributed by atoms with Crippen molar-refractivity contribution in [1.29, 1.82) is 0 Å². The van der Waals surface area contributed by atoms with Gasteiger partial charge in [-0.3, -0.25) is 0 Å². The van der Waals surface area contributed by atoms with Gasteiger partial charge in [-0.15, -0.1) is 11.3 Å². The molecule has 96 valence electrons. The molecule has 0 spiro atoms. The maximum atomic E-state index is 6.07. The van der Waals surface area contributed by atoms with Crippen LogP contribution in [-0.4, -0.2) is 6.54 Å². The Morgan fingerprint density at radius 1 is 1.53 bits per heavy atom.